The van der Waals surface area contributed by atoms with E-state index in [-0.39, 0.29) is 0 Å². The Morgan fingerprint density at radius 1 is 1.50 bits per heavy atom. The number of nitrogens with one attached hydrogen (secondary N) is 1. The molecule has 2 rings (SSSR count). The third-order valence-corrected chi connectivity index (χ3v) is 3.59. The molecular formula is C9H14N2S. The second kappa shape index (κ2) is 3.54. The number of hydrogen-bond acceptors (Lipinski definition) is 3. The minimum absolute atomic E-state index is 0.777. The summed E-state index contributed by atoms with van der Waals surface area (Å²) in [6.45, 7) is 4.46. The van der Waals surface area contributed by atoms with Gasteiger partial charge in [-0.3, -0.25) is 0 Å². The summed E-state index contributed by atoms with van der Waals surface area (Å²) in [4.78, 5) is 5.80. The molecule has 1 aromatic heterocycles. The van der Waals surface area contributed by atoms with E-state index in [1.807, 2.05) is 16.8 Å². The molecule has 0 saturated carbocycles. The number of piperidine rings is 1. The van der Waals surface area contributed by atoms with Crippen molar-refractivity contribution in [3.05, 3.63) is 16.1 Å². The Morgan fingerprint density at radius 2 is 2.25 bits per heavy atom. The van der Waals surface area contributed by atoms with Gasteiger partial charge in [-0.05, 0) is 38.8 Å². The summed E-state index contributed by atoms with van der Waals surface area (Å²) < 4.78 is 0. The molecule has 1 aliphatic heterocycles. The van der Waals surface area contributed by atoms with Crippen molar-refractivity contribution in [3.63, 3.8) is 0 Å². The average Bonchev–Trinajstić information content (AvgIpc) is 2.53. The van der Waals surface area contributed by atoms with E-state index in [0.29, 0.717) is 0 Å². The number of hydrogen-bond donors (Lipinski definition) is 1. The van der Waals surface area contributed by atoms with E-state index in [0.717, 1.165) is 5.92 Å². The number of aryl methyl sites for hydroxylation is 1. The highest BCUT2D eigenvalue weighted by Gasteiger charge is 2.18. The van der Waals surface area contributed by atoms with Gasteiger partial charge >= 0.3 is 0 Å². The molecule has 66 valence electrons. The average molecular weight is 182 g/mol. The zero-order valence-electron chi connectivity index (χ0n) is 7.34. The molecule has 12 heavy (non-hydrogen) atoms. The molecule has 0 radical (unpaired) electrons. The summed E-state index contributed by atoms with van der Waals surface area (Å²) >= 11 is 1.82. The molecule has 3 heteroatoms. The molecule has 1 fully saturated rings. The summed E-state index contributed by atoms with van der Waals surface area (Å²) in [5.74, 6) is 0.777. The molecule has 0 atom stereocenters. The van der Waals surface area contributed by atoms with Gasteiger partial charge in [-0.2, -0.15) is 0 Å². The van der Waals surface area contributed by atoms with Crippen molar-refractivity contribution in [2.75, 3.05) is 13.1 Å². The Balaban J connectivity index is 2.13. The maximum Gasteiger partial charge on any atom is 0.0797 e. The Bertz CT molecular complexity index is 251. The van der Waals surface area contributed by atoms with E-state index in [9.17, 15) is 0 Å². The highest BCUT2D eigenvalue weighted by atomic mass is 32.1. The normalized spacial score (nSPS) is 19.8. The van der Waals surface area contributed by atoms with Gasteiger partial charge in [0.25, 0.3) is 0 Å². The van der Waals surface area contributed by atoms with E-state index < -0.39 is 0 Å². The maximum atomic E-state index is 4.29. The summed E-state index contributed by atoms with van der Waals surface area (Å²) in [5.41, 5.74) is 3.21. The highest BCUT2D eigenvalue weighted by Crippen LogP contribution is 2.30. The molecule has 0 spiro atoms. The Kier molecular flexibility index (Phi) is 2.42. The lowest BCUT2D eigenvalue weighted by Gasteiger charge is -2.21. The van der Waals surface area contributed by atoms with Crippen LogP contribution in [0, 0.1) is 6.92 Å². The van der Waals surface area contributed by atoms with E-state index in [2.05, 4.69) is 17.2 Å². The van der Waals surface area contributed by atoms with Gasteiger partial charge in [0, 0.05) is 4.88 Å². The van der Waals surface area contributed by atoms with E-state index >= 15 is 0 Å². The fourth-order valence-corrected chi connectivity index (χ4v) is 2.76. The van der Waals surface area contributed by atoms with Crippen LogP contribution < -0.4 is 5.32 Å². The first-order chi connectivity index (χ1) is 5.88. The summed E-state index contributed by atoms with van der Waals surface area (Å²) in [6, 6.07) is 0. The van der Waals surface area contributed by atoms with Gasteiger partial charge in [-0.15, -0.1) is 11.3 Å². The van der Waals surface area contributed by atoms with Gasteiger partial charge in [0.2, 0.25) is 0 Å². The molecule has 1 aromatic rings. The van der Waals surface area contributed by atoms with Gasteiger partial charge in [0.1, 0.15) is 0 Å². The maximum absolute atomic E-state index is 4.29. The first-order valence-corrected chi connectivity index (χ1v) is 5.36. The van der Waals surface area contributed by atoms with Crippen LogP contribution in [0.2, 0.25) is 0 Å². The summed E-state index contributed by atoms with van der Waals surface area (Å²) in [6.07, 6.45) is 2.56. The van der Waals surface area contributed by atoms with Crippen LogP contribution in [0.4, 0.5) is 0 Å². The molecule has 0 amide bonds. The highest BCUT2D eigenvalue weighted by molar-refractivity contribution is 7.09. The second-order valence-electron chi connectivity index (χ2n) is 3.33. The molecule has 2 heterocycles. The van der Waals surface area contributed by atoms with E-state index in [1.54, 1.807) is 0 Å². The third-order valence-electron chi connectivity index (χ3n) is 2.49. The zero-order valence-corrected chi connectivity index (χ0v) is 8.16. The van der Waals surface area contributed by atoms with Crippen LogP contribution in [0.5, 0.6) is 0 Å². The van der Waals surface area contributed by atoms with Crippen LogP contribution in [-0.2, 0) is 0 Å². The molecule has 0 aromatic carbocycles. The van der Waals surface area contributed by atoms with Crippen molar-refractivity contribution < 1.29 is 0 Å². The van der Waals surface area contributed by atoms with Gasteiger partial charge in [-0.1, -0.05) is 0 Å². The van der Waals surface area contributed by atoms with E-state index in [4.69, 9.17) is 0 Å². The first-order valence-electron chi connectivity index (χ1n) is 4.48. The molecular weight excluding hydrogens is 168 g/mol. The minimum Gasteiger partial charge on any atom is -0.317 e. The second-order valence-corrected chi connectivity index (χ2v) is 4.21. The standard InChI is InChI=1S/C9H14N2S/c1-7-9(12-6-11-7)8-2-4-10-5-3-8/h6,8,10H,2-5H2,1H3. The lowest BCUT2D eigenvalue weighted by Crippen LogP contribution is -2.26. The largest absolute Gasteiger partial charge is 0.317 e. The molecule has 0 aliphatic carbocycles. The van der Waals surface area contributed by atoms with Crippen LogP contribution in [0.25, 0.3) is 0 Å². The monoisotopic (exact) mass is 182 g/mol. The topological polar surface area (TPSA) is 24.9 Å². The van der Waals surface area contributed by atoms with Crippen molar-refractivity contribution in [2.24, 2.45) is 0 Å². The van der Waals surface area contributed by atoms with Crippen LogP contribution in [0.3, 0.4) is 0 Å². The fourth-order valence-electron chi connectivity index (χ4n) is 1.79. The van der Waals surface area contributed by atoms with E-state index in [1.165, 1.54) is 36.5 Å². The lowest BCUT2D eigenvalue weighted by molar-refractivity contribution is 0.463. The molecule has 1 N–H and O–H groups in total. The van der Waals surface area contributed by atoms with Gasteiger partial charge in [0.15, 0.2) is 0 Å². The van der Waals surface area contributed by atoms with Crippen molar-refractivity contribution >= 4 is 11.3 Å². The van der Waals surface area contributed by atoms with Crippen molar-refractivity contribution in [1.82, 2.24) is 10.3 Å². The smallest absolute Gasteiger partial charge is 0.0797 e. The summed E-state index contributed by atoms with van der Waals surface area (Å²) in [5, 5.41) is 3.38. The van der Waals surface area contributed by atoms with Crippen LogP contribution in [0.15, 0.2) is 5.51 Å². The van der Waals surface area contributed by atoms with Crippen LogP contribution in [0.1, 0.15) is 29.3 Å². The number of rotatable bonds is 1. The van der Waals surface area contributed by atoms with Gasteiger partial charge < -0.3 is 5.32 Å². The Morgan fingerprint density at radius 3 is 2.83 bits per heavy atom. The van der Waals surface area contributed by atoms with Crippen molar-refractivity contribution in [2.45, 2.75) is 25.7 Å². The predicted molar refractivity (Wildman–Crippen MR) is 51.7 cm³/mol. The predicted octanol–water partition coefficient (Wildman–Crippen LogP) is 1.92. The molecule has 2 nitrogen and oxygen atoms in total. The first kappa shape index (κ1) is 8.20. The Hall–Kier alpha value is -0.410. The van der Waals surface area contributed by atoms with Gasteiger partial charge in [0.05, 0.1) is 11.2 Å². The van der Waals surface area contributed by atoms with Crippen molar-refractivity contribution in [3.8, 4) is 0 Å². The quantitative estimate of drug-likeness (QED) is 0.717. The Labute approximate surface area is 77.0 Å². The molecule has 1 aliphatic rings. The molecule has 1 saturated heterocycles. The molecule has 0 bridgehead atoms. The third kappa shape index (κ3) is 1.52. The number of nitrogens with zero attached hydrogens (tertiary/aromatic N) is 1. The molecule has 0 unspecified atom stereocenters. The van der Waals surface area contributed by atoms with Crippen LogP contribution >= 0.6 is 11.3 Å². The minimum atomic E-state index is 0.777. The zero-order chi connectivity index (χ0) is 8.39. The van der Waals surface area contributed by atoms with Gasteiger partial charge in [-0.25, -0.2) is 4.98 Å². The number of thiazole rings is 1. The fraction of sp³-hybridized carbons (Fsp3) is 0.667. The number of aromatic nitrogens is 1. The SMILES string of the molecule is Cc1ncsc1C1CCNCC1. The lowest BCUT2D eigenvalue weighted by atomic mass is 9.96. The van der Waals surface area contributed by atoms with Crippen molar-refractivity contribution in [1.29, 1.82) is 0 Å². The van der Waals surface area contributed by atoms with Crippen LogP contribution in [-0.4, -0.2) is 18.1 Å². The summed E-state index contributed by atoms with van der Waals surface area (Å²) in [7, 11) is 0.